The number of aliphatic hydroxyl groups is 2. The maximum atomic E-state index is 8.96. The predicted molar refractivity (Wildman–Crippen MR) is 88.0 cm³/mol. The Bertz CT molecular complexity index is 165. The largest absolute Gasteiger partial charge is 0.396 e. The standard InChI is InChI=1S/C18H38O2/c1-2-3-4-5-6-7-8-9-10-11-12-13-18(14-16-19)15-17-20/h18-20H,2-17H2,1H3. The summed E-state index contributed by atoms with van der Waals surface area (Å²) in [6.45, 7) is 2.80. The molecule has 0 atom stereocenters. The summed E-state index contributed by atoms with van der Waals surface area (Å²) in [4.78, 5) is 0. The monoisotopic (exact) mass is 286 g/mol. The Labute approximate surface area is 127 Å². The molecule has 0 aromatic heterocycles. The van der Waals surface area contributed by atoms with Crippen molar-refractivity contribution in [2.75, 3.05) is 13.2 Å². The van der Waals surface area contributed by atoms with Gasteiger partial charge in [0.1, 0.15) is 0 Å². The molecule has 2 heteroatoms. The fourth-order valence-electron chi connectivity index (χ4n) is 2.90. The van der Waals surface area contributed by atoms with E-state index in [4.69, 9.17) is 10.2 Å². The van der Waals surface area contributed by atoms with Gasteiger partial charge in [0.15, 0.2) is 0 Å². The first-order chi connectivity index (χ1) is 9.85. The van der Waals surface area contributed by atoms with Gasteiger partial charge in [0, 0.05) is 13.2 Å². The van der Waals surface area contributed by atoms with Crippen LogP contribution in [0.5, 0.6) is 0 Å². The van der Waals surface area contributed by atoms with Gasteiger partial charge in [-0.2, -0.15) is 0 Å². The molecule has 0 aliphatic rings. The molecule has 122 valence electrons. The number of aliphatic hydroxyl groups excluding tert-OH is 2. The van der Waals surface area contributed by atoms with Crippen LogP contribution >= 0.6 is 0 Å². The van der Waals surface area contributed by atoms with Gasteiger partial charge in [0.2, 0.25) is 0 Å². The number of hydrogen-bond donors (Lipinski definition) is 2. The molecule has 2 N–H and O–H groups in total. The quantitative estimate of drug-likeness (QED) is 0.389. The van der Waals surface area contributed by atoms with Gasteiger partial charge < -0.3 is 10.2 Å². The van der Waals surface area contributed by atoms with E-state index in [-0.39, 0.29) is 13.2 Å². The first kappa shape index (κ1) is 19.9. The fourth-order valence-corrected chi connectivity index (χ4v) is 2.90. The fraction of sp³-hybridized carbons (Fsp3) is 1.00. The van der Waals surface area contributed by atoms with Gasteiger partial charge in [0.25, 0.3) is 0 Å². The highest BCUT2D eigenvalue weighted by atomic mass is 16.3. The topological polar surface area (TPSA) is 40.5 Å². The summed E-state index contributed by atoms with van der Waals surface area (Å²) >= 11 is 0. The van der Waals surface area contributed by atoms with Gasteiger partial charge in [-0.05, 0) is 18.8 Å². The zero-order valence-electron chi connectivity index (χ0n) is 13.8. The molecule has 2 nitrogen and oxygen atoms in total. The van der Waals surface area contributed by atoms with E-state index >= 15 is 0 Å². The Morgan fingerprint density at radius 1 is 0.550 bits per heavy atom. The lowest BCUT2D eigenvalue weighted by Crippen LogP contribution is -2.05. The van der Waals surface area contributed by atoms with Crippen LogP contribution in [-0.2, 0) is 0 Å². The van der Waals surface area contributed by atoms with Gasteiger partial charge in [-0.25, -0.2) is 0 Å². The first-order valence-electron chi connectivity index (χ1n) is 9.06. The van der Waals surface area contributed by atoms with Crippen LogP contribution in [0.2, 0.25) is 0 Å². The first-order valence-corrected chi connectivity index (χ1v) is 9.06. The predicted octanol–water partition coefficient (Wildman–Crippen LogP) is 5.07. The van der Waals surface area contributed by atoms with E-state index in [0.29, 0.717) is 5.92 Å². The van der Waals surface area contributed by atoms with Crippen molar-refractivity contribution in [1.29, 1.82) is 0 Å². The summed E-state index contributed by atoms with van der Waals surface area (Å²) in [7, 11) is 0. The van der Waals surface area contributed by atoms with Gasteiger partial charge in [-0.15, -0.1) is 0 Å². The van der Waals surface area contributed by atoms with Crippen LogP contribution in [-0.4, -0.2) is 23.4 Å². The zero-order valence-corrected chi connectivity index (χ0v) is 13.8. The highest BCUT2D eigenvalue weighted by Crippen LogP contribution is 2.18. The molecular weight excluding hydrogens is 248 g/mol. The minimum atomic E-state index is 0.267. The van der Waals surface area contributed by atoms with E-state index in [1.165, 1.54) is 77.0 Å². The second kappa shape index (κ2) is 17.0. The SMILES string of the molecule is CCCCCCCCCCCCCC(CCO)CCO. The number of hydrogen-bond acceptors (Lipinski definition) is 2. The minimum Gasteiger partial charge on any atom is -0.396 e. The molecule has 0 heterocycles. The lowest BCUT2D eigenvalue weighted by molar-refractivity contribution is 0.207. The lowest BCUT2D eigenvalue weighted by Gasteiger charge is -2.13. The third-order valence-electron chi connectivity index (χ3n) is 4.29. The van der Waals surface area contributed by atoms with Crippen LogP contribution in [0.3, 0.4) is 0 Å². The van der Waals surface area contributed by atoms with Crippen LogP contribution in [0, 0.1) is 5.92 Å². The van der Waals surface area contributed by atoms with Gasteiger partial charge >= 0.3 is 0 Å². The number of unbranched alkanes of at least 4 members (excludes halogenated alkanes) is 10. The highest BCUT2D eigenvalue weighted by molar-refractivity contribution is 4.59. The summed E-state index contributed by atoms with van der Waals surface area (Å²) in [6.07, 6.45) is 18.1. The van der Waals surface area contributed by atoms with Crippen LogP contribution in [0.4, 0.5) is 0 Å². The summed E-state index contributed by atoms with van der Waals surface area (Å²) in [5.74, 6) is 0.531. The molecule has 0 aliphatic carbocycles. The highest BCUT2D eigenvalue weighted by Gasteiger charge is 2.06. The van der Waals surface area contributed by atoms with Gasteiger partial charge in [-0.3, -0.25) is 0 Å². The summed E-state index contributed by atoms with van der Waals surface area (Å²) < 4.78 is 0. The molecule has 0 amide bonds. The van der Waals surface area contributed by atoms with Gasteiger partial charge in [0.05, 0.1) is 0 Å². The third kappa shape index (κ3) is 14.3. The molecule has 0 radical (unpaired) electrons. The third-order valence-corrected chi connectivity index (χ3v) is 4.29. The Morgan fingerprint density at radius 3 is 1.35 bits per heavy atom. The molecule has 0 fully saturated rings. The lowest BCUT2D eigenvalue weighted by atomic mass is 9.94. The minimum absolute atomic E-state index is 0.267. The second-order valence-corrected chi connectivity index (χ2v) is 6.21. The average molecular weight is 286 g/mol. The van der Waals surface area contributed by atoms with Crippen LogP contribution in [0.25, 0.3) is 0 Å². The van der Waals surface area contributed by atoms with Crippen LogP contribution < -0.4 is 0 Å². The molecule has 0 aliphatic heterocycles. The molecule has 0 aromatic rings. The Hall–Kier alpha value is -0.0800. The van der Waals surface area contributed by atoms with Crippen molar-refractivity contribution < 1.29 is 10.2 Å². The van der Waals surface area contributed by atoms with E-state index in [0.717, 1.165) is 12.8 Å². The van der Waals surface area contributed by atoms with Crippen molar-refractivity contribution in [2.24, 2.45) is 5.92 Å². The van der Waals surface area contributed by atoms with Crippen molar-refractivity contribution in [3.63, 3.8) is 0 Å². The van der Waals surface area contributed by atoms with Crippen molar-refractivity contribution in [1.82, 2.24) is 0 Å². The van der Waals surface area contributed by atoms with E-state index in [9.17, 15) is 0 Å². The second-order valence-electron chi connectivity index (χ2n) is 6.21. The smallest absolute Gasteiger partial charge is 0.0433 e. The summed E-state index contributed by atoms with van der Waals surface area (Å²) in [5.41, 5.74) is 0. The molecule has 0 saturated heterocycles. The Kier molecular flexibility index (Phi) is 16.9. The Morgan fingerprint density at radius 2 is 0.950 bits per heavy atom. The van der Waals surface area contributed by atoms with E-state index in [1.54, 1.807) is 0 Å². The summed E-state index contributed by atoms with van der Waals surface area (Å²) in [5, 5.41) is 17.9. The molecule has 0 unspecified atom stereocenters. The maximum Gasteiger partial charge on any atom is 0.0433 e. The average Bonchev–Trinajstić information content (AvgIpc) is 2.45. The normalized spacial score (nSPS) is 11.4. The Balaban J connectivity index is 3.18. The summed E-state index contributed by atoms with van der Waals surface area (Å²) in [6, 6.07) is 0. The van der Waals surface area contributed by atoms with E-state index < -0.39 is 0 Å². The van der Waals surface area contributed by atoms with Crippen molar-refractivity contribution in [3.05, 3.63) is 0 Å². The van der Waals surface area contributed by atoms with Gasteiger partial charge in [-0.1, -0.05) is 84.0 Å². The molecule has 0 saturated carbocycles. The molecular formula is C18H38O2. The number of rotatable bonds is 16. The van der Waals surface area contributed by atoms with Crippen molar-refractivity contribution >= 4 is 0 Å². The maximum absolute atomic E-state index is 8.96. The molecule has 20 heavy (non-hydrogen) atoms. The van der Waals surface area contributed by atoms with E-state index in [1.807, 2.05) is 0 Å². The zero-order chi connectivity index (χ0) is 14.9. The van der Waals surface area contributed by atoms with Crippen molar-refractivity contribution in [3.8, 4) is 0 Å². The van der Waals surface area contributed by atoms with Crippen LogP contribution in [0.1, 0.15) is 96.8 Å². The van der Waals surface area contributed by atoms with E-state index in [2.05, 4.69) is 6.92 Å². The van der Waals surface area contributed by atoms with Crippen LogP contribution in [0.15, 0.2) is 0 Å². The molecule has 0 aromatic carbocycles. The molecule has 0 rings (SSSR count). The van der Waals surface area contributed by atoms with Crippen molar-refractivity contribution in [2.45, 2.75) is 96.8 Å². The molecule has 0 spiro atoms. The molecule has 0 bridgehead atoms.